The van der Waals surface area contributed by atoms with Crippen molar-refractivity contribution in [2.24, 2.45) is 0 Å². The molecular weight excluding hydrogens is 222 g/mol. The highest BCUT2D eigenvalue weighted by molar-refractivity contribution is 5.34. The van der Waals surface area contributed by atoms with Gasteiger partial charge in [0.2, 0.25) is 0 Å². The quantitative estimate of drug-likeness (QED) is 0.828. The Kier molecular flexibility index (Phi) is 5.36. The Morgan fingerprint density at radius 2 is 1.83 bits per heavy atom. The smallest absolute Gasteiger partial charge is 0.0867 e. The zero-order chi connectivity index (χ0) is 13.8. The molecule has 1 aromatic carbocycles. The first-order chi connectivity index (χ1) is 8.54. The number of rotatable bonds is 6. The Morgan fingerprint density at radius 1 is 1.22 bits per heavy atom. The van der Waals surface area contributed by atoms with Crippen molar-refractivity contribution in [2.75, 3.05) is 14.2 Å². The van der Waals surface area contributed by atoms with Crippen LogP contribution in [-0.2, 0) is 4.74 Å². The van der Waals surface area contributed by atoms with Crippen LogP contribution < -0.4 is 5.32 Å². The number of likely N-dealkylation sites (N-methyl/N-ethyl adjacent to an activating group) is 1. The van der Waals surface area contributed by atoms with E-state index in [9.17, 15) is 0 Å². The number of benzene rings is 1. The zero-order valence-corrected chi connectivity index (χ0v) is 12.6. The predicted octanol–water partition coefficient (Wildman–Crippen LogP) is 3.77. The summed E-state index contributed by atoms with van der Waals surface area (Å²) in [7, 11) is 3.84. The number of hydrogen-bond acceptors (Lipinski definition) is 2. The molecule has 102 valence electrons. The van der Waals surface area contributed by atoms with Crippen molar-refractivity contribution >= 4 is 0 Å². The van der Waals surface area contributed by atoms with Crippen LogP contribution in [0.15, 0.2) is 18.2 Å². The molecule has 0 bridgehead atoms. The fourth-order valence-corrected chi connectivity index (χ4v) is 2.84. The van der Waals surface area contributed by atoms with Crippen LogP contribution in [0.2, 0.25) is 0 Å². The van der Waals surface area contributed by atoms with Gasteiger partial charge in [-0.1, -0.05) is 37.6 Å². The second-order valence-electron chi connectivity index (χ2n) is 5.06. The Labute approximate surface area is 112 Å². The predicted molar refractivity (Wildman–Crippen MR) is 78.0 cm³/mol. The average Bonchev–Trinajstić information content (AvgIpc) is 2.39. The molecule has 0 aliphatic carbocycles. The molecule has 0 aromatic heterocycles. The maximum Gasteiger partial charge on any atom is 0.0867 e. The van der Waals surface area contributed by atoms with Crippen LogP contribution in [0.5, 0.6) is 0 Å². The van der Waals surface area contributed by atoms with E-state index in [0.717, 1.165) is 12.8 Å². The highest BCUT2D eigenvalue weighted by Gasteiger charge is 2.36. The monoisotopic (exact) mass is 249 g/mol. The number of hydrogen-bond donors (Lipinski definition) is 1. The molecule has 0 fully saturated rings. The van der Waals surface area contributed by atoms with Crippen molar-refractivity contribution in [2.45, 2.75) is 52.2 Å². The van der Waals surface area contributed by atoms with E-state index >= 15 is 0 Å². The summed E-state index contributed by atoms with van der Waals surface area (Å²) in [5.41, 5.74) is 3.84. The first kappa shape index (κ1) is 15.2. The molecule has 0 radical (unpaired) electrons. The van der Waals surface area contributed by atoms with E-state index in [1.165, 1.54) is 16.7 Å². The molecule has 0 saturated carbocycles. The van der Waals surface area contributed by atoms with Crippen molar-refractivity contribution < 1.29 is 4.74 Å². The van der Waals surface area contributed by atoms with E-state index in [-0.39, 0.29) is 11.6 Å². The summed E-state index contributed by atoms with van der Waals surface area (Å²) >= 11 is 0. The summed E-state index contributed by atoms with van der Waals surface area (Å²) in [4.78, 5) is 0. The van der Waals surface area contributed by atoms with Crippen LogP contribution in [0.3, 0.4) is 0 Å². The number of methoxy groups -OCH3 is 1. The molecule has 0 saturated heterocycles. The molecule has 1 rings (SSSR count). The molecule has 0 spiro atoms. The summed E-state index contributed by atoms with van der Waals surface area (Å²) in [6.07, 6.45) is 2.00. The van der Waals surface area contributed by atoms with Crippen LogP contribution in [0.1, 0.15) is 49.4 Å². The van der Waals surface area contributed by atoms with Gasteiger partial charge >= 0.3 is 0 Å². The fraction of sp³-hybridized carbons (Fsp3) is 0.625. The highest BCUT2D eigenvalue weighted by atomic mass is 16.5. The van der Waals surface area contributed by atoms with Crippen molar-refractivity contribution in [1.82, 2.24) is 5.32 Å². The zero-order valence-electron chi connectivity index (χ0n) is 12.6. The normalized spacial score (nSPS) is 13.7. The lowest BCUT2D eigenvalue weighted by Crippen LogP contribution is -2.44. The van der Waals surface area contributed by atoms with Gasteiger partial charge in [-0.15, -0.1) is 0 Å². The van der Waals surface area contributed by atoms with E-state index in [2.05, 4.69) is 51.2 Å². The molecule has 0 heterocycles. The Bertz CT molecular complexity index is 374. The average molecular weight is 249 g/mol. The molecule has 2 nitrogen and oxygen atoms in total. The van der Waals surface area contributed by atoms with Gasteiger partial charge < -0.3 is 10.1 Å². The standard InChI is InChI=1S/C16H27NO/c1-7-16(8-2,18-6)15(17-5)14-11-12(3)9-10-13(14)4/h9-11,15,17H,7-8H2,1-6H3. The van der Waals surface area contributed by atoms with Crippen LogP contribution in [-0.4, -0.2) is 19.8 Å². The van der Waals surface area contributed by atoms with Crippen LogP contribution in [0, 0.1) is 13.8 Å². The maximum absolute atomic E-state index is 5.88. The van der Waals surface area contributed by atoms with Crippen molar-refractivity contribution in [3.05, 3.63) is 34.9 Å². The molecule has 0 aliphatic heterocycles. The first-order valence-electron chi connectivity index (χ1n) is 6.84. The SMILES string of the molecule is CCC(CC)(OC)C(NC)c1cc(C)ccc1C. The summed E-state index contributed by atoms with van der Waals surface area (Å²) in [5.74, 6) is 0. The van der Waals surface area contributed by atoms with Gasteiger partial charge in [0.1, 0.15) is 0 Å². The van der Waals surface area contributed by atoms with E-state index in [1.54, 1.807) is 0 Å². The largest absolute Gasteiger partial charge is 0.376 e. The molecule has 1 unspecified atom stereocenters. The molecule has 2 heteroatoms. The van der Waals surface area contributed by atoms with Crippen LogP contribution in [0.4, 0.5) is 0 Å². The van der Waals surface area contributed by atoms with Crippen molar-refractivity contribution in [1.29, 1.82) is 0 Å². The van der Waals surface area contributed by atoms with Crippen LogP contribution >= 0.6 is 0 Å². The number of nitrogens with one attached hydrogen (secondary N) is 1. The lowest BCUT2D eigenvalue weighted by atomic mass is 9.82. The van der Waals surface area contributed by atoms with Gasteiger partial charge in [-0.2, -0.15) is 0 Å². The molecule has 18 heavy (non-hydrogen) atoms. The van der Waals surface area contributed by atoms with Crippen LogP contribution in [0.25, 0.3) is 0 Å². The van der Waals surface area contributed by atoms with Gasteiger partial charge in [0.05, 0.1) is 11.6 Å². The third-order valence-electron chi connectivity index (χ3n) is 4.16. The second-order valence-corrected chi connectivity index (χ2v) is 5.06. The van der Waals surface area contributed by atoms with Gasteiger partial charge in [-0.25, -0.2) is 0 Å². The Hall–Kier alpha value is -0.860. The van der Waals surface area contributed by atoms with Gasteiger partial charge in [-0.05, 0) is 44.9 Å². The van der Waals surface area contributed by atoms with E-state index in [4.69, 9.17) is 4.74 Å². The van der Waals surface area contributed by atoms with Crippen molar-refractivity contribution in [3.8, 4) is 0 Å². The molecular formula is C16H27NO. The number of aryl methyl sites for hydroxylation is 2. The molecule has 0 aliphatic rings. The Balaban J connectivity index is 3.27. The fourth-order valence-electron chi connectivity index (χ4n) is 2.84. The highest BCUT2D eigenvalue weighted by Crippen LogP contribution is 2.36. The Morgan fingerprint density at radius 3 is 2.28 bits per heavy atom. The summed E-state index contributed by atoms with van der Waals surface area (Å²) < 4.78 is 5.88. The topological polar surface area (TPSA) is 21.3 Å². The van der Waals surface area contributed by atoms with E-state index in [1.807, 2.05) is 14.2 Å². The third kappa shape index (κ3) is 2.76. The summed E-state index contributed by atoms with van der Waals surface area (Å²) in [5, 5.41) is 3.46. The lowest BCUT2D eigenvalue weighted by Gasteiger charge is -2.39. The molecule has 1 aromatic rings. The van der Waals surface area contributed by atoms with E-state index < -0.39 is 0 Å². The van der Waals surface area contributed by atoms with E-state index in [0.29, 0.717) is 0 Å². The van der Waals surface area contributed by atoms with Gasteiger partial charge in [0.25, 0.3) is 0 Å². The van der Waals surface area contributed by atoms with Gasteiger partial charge in [0, 0.05) is 7.11 Å². The summed E-state index contributed by atoms with van der Waals surface area (Å²) in [6, 6.07) is 6.87. The molecule has 0 amide bonds. The van der Waals surface area contributed by atoms with Crippen molar-refractivity contribution in [3.63, 3.8) is 0 Å². The van der Waals surface area contributed by atoms with Gasteiger partial charge in [-0.3, -0.25) is 0 Å². The first-order valence-corrected chi connectivity index (χ1v) is 6.84. The maximum atomic E-state index is 5.88. The third-order valence-corrected chi connectivity index (χ3v) is 4.16. The second kappa shape index (κ2) is 6.35. The molecule has 1 N–H and O–H groups in total. The minimum absolute atomic E-state index is 0.132. The summed E-state index contributed by atoms with van der Waals surface area (Å²) in [6.45, 7) is 8.71. The number of ether oxygens (including phenoxy) is 1. The minimum atomic E-state index is -0.132. The molecule has 1 atom stereocenters. The lowest BCUT2D eigenvalue weighted by molar-refractivity contribution is -0.0469. The minimum Gasteiger partial charge on any atom is -0.376 e. The van der Waals surface area contributed by atoms with Gasteiger partial charge in [0.15, 0.2) is 0 Å².